The Morgan fingerprint density at radius 2 is 2.50 bits per heavy atom. The van der Waals surface area contributed by atoms with Gasteiger partial charge in [0, 0.05) is 24.0 Å². The molecule has 2 rings (SSSR count). The molecule has 6 heteroatoms. The zero-order valence-corrected chi connectivity index (χ0v) is 7.62. The molecule has 0 amide bonds. The Kier molecular flexibility index (Phi) is 2.10. The van der Waals surface area contributed by atoms with Gasteiger partial charge in [-0.25, -0.2) is 4.98 Å². The Morgan fingerprint density at radius 3 is 3.29 bits per heavy atom. The van der Waals surface area contributed by atoms with Crippen molar-refractivity contribution in [1.29, 1.82) is 0 Å². The molecule has 0 radical (unpaired) electrons. The highest BCUT2D eigenvalue weighted by molar-refractivity contribution is 5.60. The minimum Gasteiger partial charge on any atom is -0.411 e. The molecule has 0 saturated carbocycles. The fourth-order valence-corrected chi connectivity index (χ4v) is 1.30. The highest BCUT2D eigenvalue weighted by atomic mass is 16.4. The summed E-state index contributed by atoms with van der Waals surface area (Å²) >= 11 is 0. The van der Waals surface area contributed by atoms with Gasteiger partial charge in [0.05, 0.1) is 0 Å². The maximum atomic E-state index is 8.33. The van der Waals surface area contributed by atoms with Crippen LogP contribution in [0.15, 0.2) is 17.5 Å². The summed E-state index contributed by atoms with van der Waals surface area (Å²) in [5.41, 5.74) is 1.81. The van der Waals surface area contributed by atoms with Gasteiger partial charge in [0.15, 0.2) is 0 Å². The van der Waals surface area contributed by atoms with E-state index in [1.165, 1.54) is 6.21 Å². The second-order valence-electron chi connectivity index (χ2n) is 2.89. The third-order valence-corrected chi connectivity index (χ3v) is 1.87. The molecular formula is C8H9N5O. The number of oxime groups is 1. The Hall–Kier alpha value is -1.98. The van der Waals surface area contributed by atoms with Crippen LogP contribution in [-0.4, -0.2) is 31.0 Å². The Bertz CT molecular complexity index is 476. The second kappa shape index (κ2) is 3.41. The van der Waals surface area contributed by atoms with E-state index in [4.69, 9.17) is 5.21 Å². The average molecular weight is 191 g/mol. The van der Waals surface area contributed by atoms with Crippen LogP contribution in [0.25, 0.3) is 5.78 Å². The molecule has 72 valence electrons. The Morgan fingerprint density at radius 1 is 1.64 bits per heavy atom. The van der Waals surface area contributed by atoms with Crippen molar-refractivity contribution in [1.82, 2.24) is 19.6 Å². The first-order valence-corrected chi connectivity index (χ1v) is 4.13. The van der Waals surface area contributed by atoms with Crippen molar-refractivity contribution in [3.05, 3.63) is 23.8 Å². The minimum absolute atomic E-state index is 0.522. The fraction of sp³-hybridized carbons (Fsp3) is 0.250. The summed E-state index contributed by atoms with van der Waals surface area (Å²) in [7, 11) is 0. The van der Waals surface area contributed by atoms with Crippen molar-refractivity contribution in [2.24, 2.45) is 5.16 Å². The maximum Gasteiger partial charge on any atom is 0.255 e. The largest absolute Gasteiger partial charge is 0.411 e. The summed E-state index contributed by atoms with van der Waals surface area (Å²) in [5.74, 6) is 0.561. The standard InChI is InChI=1S/C8H9N5O/c1-6-4-7(2-3-10-14)13-5-9-12-8(13)11-6/h3-5,14H,2H2,1H3/b10-3-. The maximum absolute atomic E-state index is 8.33. The van der Waals surface area contributed by atoms with Crippen LogP contribution in [0.3, 0.4) is 0 Å². The van der Waals surface area contributed by atoms with Crippen LogP contribution in [0.4, 0.5) is 0 Å². The van der Waals surface area contributed by atoms with E-state index >= 15 is 0 Å². The van der Waals surface area contributed by atoms with Crippen molar-refractivity contribution in [2.45, 2.75) is 13.3 Å². The molecule has 2 aromatic rings. The van der Waals surface area contributed by atoms with Gasteiger partial charge >= 0.3 is 0 Å². The summed E-state index contributed by atoms with van der Waals surface area (Å²) in [6.45, 7) is 1.88. The molecule has 0 aliphatic carbocycles. The second-order valence-corrected chi connectivity index (χ2v) is 2.89. The molecule has 0 saturated heterocycles. The third kappa shape index (κ3) is 1.41. The van der Waals surface area contributed by atoms with Crippen LogP contribution >= 0.6 is 0 Å². The fourth-order valence-electron chi connectivity index (χ4n) is 1.30. The molecule has 2 heterocycles. The van der Waals surface area contributed by atoms with E-state index < -0.39 is 0 Å². The predicted octanol–water partition coefficient (Wildman–Crippen LogP) is 0.435. The highest BCUT2D eigenvalue weighted by Crippen LogP contribution is 2.05. The molecule has 0 aliphatic heterocycles. The van der Waals surface area contributed by atoms with E-state index in [0.717, 1.165) is 11.4 Å². The molecule has 0 fully saturated rings. The SMILES string of the molecule is Cc1cc(C/C=N\O)n2cnnc2n1. The van der Waals surface area contributed by atoms with E-state index in [0.29, 0.717) is 12.2 Å². The quantitative estimate of drug-likeness (QED) is 0.424. The van der Waals surface area contributed by atoms with Gasteiger partial charge in [-0.2, -0.15) is 0 Å². The first-order valence-electron chi connectivity index (χ1n) is 4.13. The van der Waals surface area contributed by atoms with Crippen LogP contribution in [0.5, 0.6) is 0 Å². The van der Waals surface area contributed by atoms with E-state index in [-0.39, 0.29) is 0 Å². The number of fused-ring (bicyclic) bond motifs is 1. The van der Waals surface area contributed by atoms with Crippen LogP contribution in [-0.2, 0) is 6.42 Å². The lowest BCUT2D eigenvalue weighted by Gasteiger charge is -2.01. The van der Waals surface area contributed by atoms with E-state index in [1.807, 2.05) is 13.0 Å². The van der Waals surface area contributed by atoms with Crippen LogP contribution < -0.4 is 0 Å². The molecule has 0 spiro atoms. The Labute approximate surface area is 79.9 Å². The molecule has 0 aliphatic rings. The third-order valence-electron chi connectivity index (χ3n) is 1.87. The smallest absolute Gasteiger partial charge is 0.255 e. The molecule has 0 bridgehead atoms. The molecule has 0 aromatic carbocycles. The van der Waals surface area contributed by atoms with Gasteiger partial charge in [-0.15, -0.1) is 15.4 Å². The van der Waals surface area contributed by atoms with Crippen molar-refractivity contribution >= 4 is 12.0 Å². The van der Waals surface area contributed by atoms with Crippen molar-refractivity contribution in [3.63, 3.8) is 0 Å². The number of hydrogen-bond donors (Lipinski definition) is 1. The lowest BCUT2D eigenvalue weighted by atomic mass is 10.3. The van der Waals surface area contributed by atoms with Crippen LogP contribution in [0, 0.1) is 6.92 Å². The van der Waals surface area contributed by atoms with E-state index in [9.17, 15) is 0 Å². The molecule has 2 aromatic heterocycles. The first-order chi connectivity index (χ1) is 6.81. The minimum atomic E-state index is 0.522. The monoisotopic (exact) mass is 191 g/mol. The lowest BCUT2D eigenvalue weighted by Crippen LogP contribution is -2.00. The first kappa shape index (κ1) is 8.61. The summed E-state index contributed by atoms with van der Waals surface area (Å²) in [4.78, 5) is 4.19. The molecule has 14 heavy (non-hydrogen) atoms. The van der Waals surface area contributed by atoms with Gasteiger partial charge in [-0.3, -0.25) is 4.40 Å². The Balaban J connectivity index is 2.55. The molecule has 6 nitrogen and oxygen atoms in total. The van der Waals surface area contributed by atoms with Gasteiger partial charge in [0.25, 0.3) is 5.78 Å². The number of rotatable bonds is 2. The average Bonchev–Trinajstić information content (AvgIpc) is 2.61. The van der Waals surface area contributed by atoms with Crippen LogP contribution in [0.2, 0.25) is 0 Å². The summed E-state index contributed by atoms with van der Waals surface area (Å²) in [6.07, 6.45) is 3.52. The topological polar surface area (TPSA) is 75.7 Å². The van der Waals surface area contributed by atoms with Gasteiger partial charge in [-0.05, 0) is 13.0 Å². The summed E-state index contributed by atoms with van der Waals surface area (Å²) in [6, 6.07) is 1.90. The summed E-state index contributed by atoms with van der Waals surface area (Å²) in [5, 5.41) is 18.9. The number of nitrogens with zero attached hydrogens (tertiary/aromatic N) is 5. The normalized spacial score (nSPS) is 11.5. The van der Waals surface area contributed by atoms with Crippen molar-refractivity contribution < 1.29 is 5.21 Å². The zero-order chi connectivity index (χ0) is 9.97. The van der Waals surface area contributed by atoms with E-state index in [1.54, 1.807) is 10.7 Å². The van der Waals surface area contributed by atoms with Crippen molar-refractivity contribution in [3.8, 4) is 0 Å². The van der Waals surface area contributed by atoms with Gasteiger partial charge in [0.2, 0.25) is 0 Å². The van der Waals surface area contributed by atoms with Gasteiger partial charge in [0.1, 0.15) is 6.33 Å². The summed E-state index contributed by atoms with van der Waals surface area (Å²) < 4.78 is 1.76. The molecule has 1 N–H and O–H groups in total. The van der Waals surface area contributed by atoms with E-state index in [2.05, 4.69) is 20.3 Å². The van der Waals surface area contributed by atoms with Gasteiger partial charge < -0.3 is 5.21 Å². The van der Waals surface area contributed by atoms with Crippen molar-refractivity contribution in [2.75, 3.05) is 0 Å². The molecule has 0 atom stereocenters. The number of hydrogen-bond acceptors (Lipinski definition) is 5. The molecule has 0 unspecified atom stereocenters. The zero-order valence-electron chi connectivity index (χ0n) is 7.62. The van der Waals surface area contributed by atoms with Gasteiger partial charge in [-0.1, -0.05) is 0 Å². The number of aryl methyl sites for hydroxylation is 1. The van der Waals surface area contributed by atoms with Crippen LogP contribution in [0.1, 0.15) is 11.4 Å². The highest BCUT2D eigenvalue weighted by Gasteiger charge is 2.03. The molecular weight excluding hydrogens is 182 g/mol. The number of aromatic nitrogens is 4. The predicted molar refractivity (Wildman–Crippen MR) is 49.5 cm³/mol. The lowest BCUT2D eigenvalue weighted by molar-refractivity contribution is 0.320.